The number of hydrogen-bond acceptors (Lipinski definition) is 4. The van der Waals surface area contributed by atoms with Crippen LogP contribution in [-0.4, -0.2) is 37.3 Å². The van der Waals surface area contributed by atoms with E-state index in [9.17, 15) is 18.3 Å². The molecular formula is C15H19Cl2NO4S. The molecule has 0 unspecified atom stereocenters. The highest BCUT2D eigenvalue weighted by molar-refractivity contribution is 7.91. The van der Waals surface area contributed by atoms with E-state index in [1.807, 2.05) is 0 Å². The Labute approximate surface area is 145 Å². The zero-order valence-electron chi connectivity index (χ0n) is 12.5. The predicted octanol–water partition coefficient (Wildman–Crippen LogP) is 2.58. The molecule has 0 heterocycles. The lowest BCUT2D eigenvalue weighted by Crippen LogP contribution is -2.41. The molecule has 23 heavy (non-hydrogen) atoms. The molecule has 128 valence electrons. The van der Waals surface area contributed by atoms with E-state index in [-0.39, 0.29) is 33.7 Å². The molecular weight excluding hydrogens is 361 g/mol. The third kappa shape index (κ3) is 5.08. The molecule has 1 fully saturated rings. The first kappa shape index (κ1) is 18.5. The summed E-state index contributed by atoms with van der Waals surface area (Å²) in [6, 6.07) is 4.05. The average Bonchev–Trinajstić information content (AvgIpc) is 2.93. The maximum atomic E-state index is 12.2. The van der Waals surface area contributed by atoms with Crippen LogP contribution in [0.1, 0.15) is 32.1 Å². The van der Waals surface area contributed by atoms with Gasteiger partial charge in [-0.15, -0.1) is 0 Å². The smallest absolute Gasteiger partial charge is 0.221 e. The second-order valence-electron chi connectivity index (χ2n) is 5.85. The molecule has 1 amide bonds. The molecule has 5 nitrogen and oxygen atoms in total. The van der Waals surface area contributed by atoms with Gasteiger partial charge in [0.05, 0.1) is 26.3 Å². The van der Waals surface area contributed by atoms with Gasteiger partial charge in [-0.25, -0.2) is 8.42 Å². The van der Waals surface area contributed by atoms with Crippen molar-refractivity contribution in [3.05, 3.63) is 28.2 Å². The van der Waals surface area contributed by atoms with Gasteiger partial charge in [0, 0.05) is 13.0 Å². The van der Waals surface area contributed by atoms with Crippen LogP contribution >= 0.6 is 23.2 Å². The van der Waals surface area contributed by atoms with Gasteiger partial charge >= 0.3 is 0 Å². The number of rotatable bonds is 6. The molecule has 1 aliphatic carbocycles. The molecule has 8 heteroatoms. The Hall–Kier alpha value is -0.820. The van der Waals surface area contributed by atoms with Gasteiger partial charge in [0.2, 0.25) is 5.91 Å². The standard InChI is InChI=1S/C15H19Cl2NO4S/c16-12-4-3-11(9-13(12)17)23(21,22)8-5-14(19)18-10-15(20)6-1-2-7-15/h3-4,9,20H,1-2,5-8,10H2,(H,18,19). The van der Waals surface area contributed by atoms with Crippen LogP contribution in [0.3, 0.4) is 0 Å². The highest BCUT2D eigenvalue weighted by Gasteiger charge is 2.31. The van der Waals surface area contributed by atoms with E-state index >= 15 is 0 Å². The summed E-state index contributed by atoms with van der Waals surface area (Å²) in [5, 5.41) is 13.2. The van der Waals surface area contributed by atoms with E-state index in [0.717, 1.165) is 12.8 Å². The summed E-state index contributed by atoms with van der Waals surface area (Å²) in [6.45, 7) is 0.165. The molecule has 1 saturated carbocycles. The number of benzene rings is 1. The highest BCUT2D eigenvalue weighted by Crippen LogP contribution is 2.28. The van der Waals surface area contributed by atoms with Crippen LogP contribution in [0.5, 0.6) is 0 Å². The lowest BCUT2D eigenvalue weighted by molar-refractivity contribution is -0.121. The van der Waals surface area contributed by atoms with Gasteiger partial charge in [0.25, 0.3) is 0 Å². The number of amides is 1. The fraction of sp³-hybridized carbons (Fsp3) is 0.533. The molecule has 0 aliphatic heterocycles. The van der Waals surface area contributed by atoms with Crippen LogP contribution in [0.25, 0.3) is 0 Å². The second kappa shape index (κ2) is 7.38. The maximum Gasteiger partial charge on any atom is 0.221 e. The van der Waals surface area contributed by atoms with Crippen LogP contribution in [0, 0.1) is 0 Å². The Morgan fingerprint density at radius 3 is 2.48 bits per heavy atom. The summed E-state index contributed by atoms with van der Waals surface area (Å²) in [6.07, 6.45) is 3.04. The molecule has 1 aromatic carbocycles. The molecule has 0 saturated heterocycles. The van der Waals surface area contributed by atoms with Crippen molar-refractivity contribution in [2.24, 2.45) is 0 Å². The minimum Gasteiger partial charge on any atom is -0.388 e. The van der Waals surface area contributed by atoms with Crippen molar-refractivity contribution in [1.82, 2.24) is 5.32 Å². The van der Waals surface area contributed by atoms with Gasteiger partial charge < -0.3 is 10.4 Å². The SMILES string of the molecule is O=C(CCS(=O)(=O)c1ccc(Cl)c(Cl)c1)NCC1(O)CCCC1. The normalized spacial score (nSPS) is 17.2. The van der Waals surface area contributed by atoms with Crippen molar-refractivity contribution in [2.45, 2.75) is 42.6 Å². The summed E-state index contributed by atoms with van der Waals surface area (Å²) < 4.78 is 24.4. The second-order valence-corrected chi connectivity index (χ2v) is 8.78. The maximum absolute atomic E-state index is 12.2. The fourth-order valence-electron chi connectivity index (χ4n) is 2.58. The molecule has 1 aromatic rings. The quantitative estimate of drug-likeness (QED) is 0.795. The zero-order valence-corrected chi connectivity index (χ0v) is 14.8. The number of aliphatic hydroxyl groups is 1. The van der Waals surface area contributed by atoms with E-state index in [4.69, 9.17) is 23.2 Å². The van der Waals surface area contributed by atoms with Crippen LogP contribution in [0.15, 0.2) is 23.1 Å². The molecule has 0 bridgehead atoms. The first-order valence-corrected chi connectivity index (χ1v) is 9.80. The Bertz CT molecular complexity index is 685. The number of halogens is 2. The fourth-order valence-corrected chi connectivity index (χ4v) is 4.20. The van der Waals surface area contributed by atoms with Crippen LogP contribution < -0.4 is 5.32 Å². The number of sulfone groups is 1. The highest BCUT2D eigenvalue weighted by atomic mass is 35.5. The van der Waals surface area contributed by atoms with E-state index in [1.165, 1.54) is 18.2 Å². The molecule has 0 atom stereocenters. The van der Waals surface area contributed by atoms with Crippen molar-refractivity contribution >= 4 is 38.9 Å². The van der Waals surface area contributed by atoms with Crippen molar-refractivity contribution in [2.75, 3.05) is 12.3 Å². The lowest BCUT2D eigenvalue weighted by Gasteiger charge is -2.22. The number of carbonyl (C=O) groups excluding carboxylic acids is 1. The summed E-state index contributed by atoms with van der Waals surface area (Å²) in [5.41, 5.74) is -0.849. The minimum atomic E-state index is -3.61. The predicted molar refractivity (Wildman–Crippen MR) is 89.6 cm³/mol. The molecule has 2 rings (SSSR count). The summed E-state index contributed by atoms with van der Waals surface area (Å²) in [4.78, 5) is 11.8. The van der Waals surface area contributed by atoms with Crippen LogP contribution in [0.4, 0.5) is 0 Å². The molecule has 0 spiro atoms. The van der Waals surface area contributed by atoms with Crippen LogP contribution in [0.2, 0.25) is 10.0 Å². The number of hydrogen-bond donors (Lipinski definition) is 2. The van der Waals surface area contributed by atoms with E-state index < -0.39 is 21.3 Å². The van der Waals surface area contributed by atoms with Gasteiger partial charge in [-0.2, -0.15) is 0 Å². The van der Waals surface area contributed by atoms with Gasteiger partial charge in [-0.1, -0.05) is 36.0 Å². The Balaban J connectivity index is 1.88. The van der Waals surface area contributed by atoms with Gasteiger partial charge in [0.1, 0.15) is 0 Å². The first-order chi connectivity index (χ1) is 10.7. The van der Waals surface area contributed by atoms with Gasteiger partial charge in [0.15, 0.2) is 9.84 Å². The largest absolute Gasteiger partial charge is 0.388 e. The van der Waals surface area contributed by atoms with Crippen molar-refractivity contribution in [1.29, 1.82) is 0 Å². The molecule has 2 N–H and O–H groups in total. The van der Waals surface area contributed by atoms with Crippen LogP contribution in [-0.2, 0) is 14.6 Å². The van der Waals surface area contributed by atoms with Crippen molar-refractivity contribution in [3.8, 4) is 0 Å². The van der Waals surface area contributed by atoms with Crippen molar-refractivity contribution < 1.29 is 18.3 Å². The number of nitrogens with one attached hydrogen (secondary N) is 1. The Morgan fingerprint density at radius 1 is 1.22 bits per heavy atom. The zero-order chi connectivity index (χ0) is 17.1. The summed E-state index contributed by atoms with van der Waals surface area (Å²) in [7, 11) is -3.61. The third-order valence-corrected chi connectivity index (χ3v) is 6.45. The lowest BCUT2D eigenvalue weighted by atomic mass is 10.0. The van der Waals surface area contributed by atoms with E-state index in [1.54, 1.807) is 0 Å². The molecule has 0 radical (unpaired) electrons. The Kier molecular flexibility index (Phi) is 5.94. The van der Waals surface area contributed by atoms with Gasteiger partial charge in [-0.05, 0) is 31.0 Å². The van der Waals surface area contributed by atoms with E-state index in [0.29, 0.717) is 12.8 Å². The molecule has 0 aromatic heterocycles. The monoisotopic (exact) mass is 379 g/mol. The van der Waals surface area contributed by atoms with Gasteiger partial charge in [-0.3, -0.25) is 4.79 Å². The summed E-state index contributed by atoms with van der Waals surface area (Å²) in [5.74, 6) is -0.719. The number of carbonyl (C=O) groups is 1. The third-order valence-electron chi connectivity index (χ3n) is 4.00. The minimum absolute atomic E-state index is 0.0362. The topological polar surface area (TPSA) is 83.5 Å². The average molecular weight is 380 g/mol. The first-order valence-electron chi connectivity index (χ1n) is 7.39. The molecule has 1 aliphatic rings. The van der Waals surface area contributed by atoms with Crippen molar-refractivity contribution in [3.63, 3.8) is 0 Å². The van der Waals surface area contributed by atoms with E-state index in [2.05, 4.69) is 5.32 Å². The summed E-state index contributed by atoms with van der Waals surface area (Å²) >= 11 is 11.6. The Morgan fingerprint density at radius 2 is 1.87 bits per heavy atom.